The average molecular weight is 491 g/mol. The van der Waals surface area contributed by atoms with E-state index in [1.54, 1.807) is 17.2 Å². The van der Waals surface area contributed by atoms with Gasteiger partial charge in [-0.1, -0.05) is 30.3 Å². The lowest BCUT2D eigenvalue weighted by molar-refractivity contribution is 0.0701. The Morgan fingerprint density at radius 2 is 1.72 bits per heavy atom. The van der Waals surface area contributed by atoms with Gasteiger partial charge in [0.25, 0.3) is 5.91 Å². The van der Waals surface area contributed by atoms with Crippen LogP contribution >= 0.6 is 0 Å². The fraction of sp³-hybridized carbons (Fsp3) is 0.259. The van der Waals surface area contributed by atoms with E-state index in [2.05, 4.69) is 0 Å². The zero-order valence-electron chi connectivity index (χ0n) is 19.2. The maximum absolute atomic E-state index is 15.2. The van der Waals surface area contributed by atoms with Gasteiger partial charge in [0.05, 0.1) is 0 Å². The topological polar surface area (TPSA) is 75.0 Å². The molecule has 3 heterocycles. The van der Waals surface area contributed by atoms with E-state index in [-0.39, 0.29) is 31.3 Å². The van der Waals surface area contributed by atoms with E-state index in [4.69, 9.17) is 4.74 Å². The van der Waals surface area contributed by atoms with Crippen LogP contribution in [0.5, 0.6) is 11.5 Å². The third-order valence-electron chi connectivity index (χ3n) is 6.93. The zero-order chi connectivity index (χ0) is 25.0. The number of rotatable bonds is 2. The molecule has 1 fully saturated rings. The summed E-state index contributed by atoms with van der Waals surface area (Å²) in [7, 11) is 0. The van der Waals surface area contributed by atoms with Gasteiger partial charge >= 0.3 is 0 Å². The molecule has 0 saturated heterocycles. The van der Waals surface area contributed by atoms with Crippen molar-refractivity contribution in [3.63, 3.8) is 0 Å². The first-order valence-corrected chi connectivity index (χ1v) is 11.8. The van der Waals surface area contributed by atoms with E-state index in [0.29, 0.717) is 11.5 Å². The highest BCUT2D eigenvalue weighted by atomic mass is 19.2. The Labute approximate surface area is 205 Å². The molecule has 3 aliphatic rings. The fourth-order valence-corrected chi connectivity index (χ4v) is 5.06. The Morgan fingerprint density at radius 3 is 2.50 bits per heavy atom. The molecule has 7 nitrogen and oxygen atoms in total. The highest BCUT2D eigenvalue weighted by Gasteiger charge is 2.40. The van der Waals surface area contributed by atoms with Crippen molar-refractivity contribution in [2.24, 2.45) is 0 Å². The molecule has 1 amide bonds. The lowest BCUT2D eigenvalue weighted by Crippen LogP contribution is -2.55. The Bertz CT molecular complexity index is 1460. The highest BCUT2D eigenvalue weighted by molar-refractivity contribution is 5.96. The number of benzene rings is 2. The van der Waals surface area contributed by atoms with Gasteiger partial charge in [-0.05, 0) is 48.1 Å². The van der Waals surface area contributed by atoms with Crippen molar-refractivity contribution in [2.45, 2.75) is 24.8 Å². The van der Waals surface area contributed by atoms with E-state index in [1.807, 2.05) is 24.3 Å². The molecule has 0 spiro atoms. The molecule has 2 bridgehead atoms. The number of hydrogen-bond acceptors (Lipinski definition) is 5. The quantitative estimate of drug-likeness (QED) is 0.552. The molecule has 184 valence electrons. The number of pyridine rings is 1. The van der Waals surface area contributed by atoms with Gasteiger partial charge in [0.1, 0.15) is 19.3 Å². The van der Waals surface area contributed by atoms with Gasteiger partial charge in [0.15, 0.2) is 23.0 Å². The standard InChI is InChI=1S/C27H23F2N3O4/c28-20-10-9-19-23(18-6-2-1-5-17(18)16-7-8-16)32-15-30(12-3-4-14-36-26(19)22(20)29)27(35)24-25(34)21(33)11-13-31(24)32/h1-6,9-11,13,16,23,34H,7-8,12,14-15H2/b4-3-. The first-order valence-electron chi connectivity index (χ1n) is 11.8. The molecule has 1 saturated carbocycles. The number of amides is 1. The summed E-state index contributed by atoms with van der Waals surface area (Å²) in [5.74, 6) is -3.17. The summed E-state index contributed by atoms with van der Waals surface area (Å²) >= 11 is 0. The predicted molar refractivity (Wildman–Crippen MR) is 128 cm³/mol. The molecule has 1 atom stereocenters. The number of ether oxygens (including phenoxy) is 1. The van der Waals surface area contributed by atoms with Crippen molar-refractivity contribution in [1.29, 1.82) is 0 Å². The van der Waals surface area contributed by atoms with Crippen molar-refractivity contribution in [1.82, 2.24) is 9.58 Å². The molecule has 2 aromatic carbocycles. The van der Waals surface area contributed by atoms with E-state index < -0.39 is 34.8 Å². The number of halogens is 2. The first-order chi connectivity index (χ1) is 17.5. The SMILES string of the molecule is O=C1c2c(O)c(=O)ccn2N2CN1C/C=C\COc1c(ccc(F)c1F)C2c1ccccc1C1CC1. The lowest BCUT2D eigenvalue weighted by Gasteiger charge is -2.44. The van der Waals surface area contributed by atoms with Crippen molar-refractivity contribution in [3.8, 4) is 11.5 Å². The summed E-state index contributed by atoms with van der Waals surface area (Å²) in [5.41, 5.74) is 1.43. The maximum atomic E-state index is 15.2. The van der Waals surface area contributed by atoms with Crippen LogP contribution in [0.25, 0.3) is 0 Å². The second-order valence-electron chi connectivity index (χ2n) is 9.20. The number of aromatic hydroxyl groups is 1. The molecule has 1 aliphatic carbocycles. The van der Waals surface area contributed by atoms with Crippen LogP contribution in [0.3, 0.4) is 0 Å². The summed E-state index contributed by atoms with van der Waals surface area (Å²) in [5, 5.41) is 12.4. The minimum absolute atomic E-state index is 0.0254. The summed E-state index contributed by atoms with van der Waals surface area (Å²) in [6, 6.07) is 10.8. The second kappa shape index (κ2) is 8.51. The summed E-state index contributed by atoms with van der Waals surface area (Å²) in [6.07, 6.45) is 6.76. The Hall–Kier alpha value is -4.14. The summed E-state index contributed by atoms with van der Waals surface area (Å²) in [4.78, 5) is 27.1. The van der Waals surface area contributed by atoms with Crippen LogP contribution in [0.1, 0.15) is 52.0 Å². The largest absolute Gasteiger partial charge is 0.502 e. The molecule has 1 unspecified atom stereocenters. The van der Waals surface area contributed by atoms with Gasteiger partial charge in [0.2, 0.25) is 11.2 Å². The minimum atomic E-state index is -1.10. The minimum Gasteiger partial charge on any atom is -0.502 e. The average Bonchev–Trinajstić information content (AvgIpc) is 3.72. The Morgan fingerprint density at radius 1 is 0.944 bits per heavy atom. The van der Waals surface area contributed by atoms with Gasteiger partial charge in [-0.15, -0.1) is 0 Å². The van der Waals surface area contributed by atoms with Crippen LogP contribution in [-0.4, -0.2) is 40.4 Å². The van der Waals surface area contributed by atoms with Gasteiger partial charge in [-0.3, -0.25) is 19.3 Å². The zero-order valence-corrected chi connectivity index (χ0v) is 19.2. The van der Waals surface area contributed by atoms with Crippen LogP contribution in [0, 0.1) is 11.6 Å². The molecule has 0 radical (unpaired) electrons. The molecule has 1 N–H and O–H groups in total. The first kappa shape index (κ1) is 22.3. The molecule has 6 rings (SSSR count). The monoisotopic (exact) mass is 491 g/mol. The van der Waals surface area contributed by atoms with Gasteiger partial charge in [-0.2, -0.15) is 4.39 Å². The molecule has 2 aliphatic heterocycles. The number of nitrogens with zero attached hydrogens (tertiary/aromatic N) is 3. The van der Waals surface area contributed by atoms with Crippen LogP contribution in [0.15, 0.2) is 65.6 Å². The van der Waals surface area contributed by atoms with Crippen LogP contribution in [0.4, 0.5) is 8.78 Å². The van der Waals surface area contributed by atoms with Crippen molar-refractivity contribution in [3.05, 3.63) is 105 Å². The fourth-order valence-electron chi connectivity index (χ4n) is 5.06. The number of aromatic nitrogens is 1. The Balaban J connectivity index is 1.67. The highest BCUT2D eigenvalue weighted by Crippen LogP contribution is 2.47. The smallest absolute Gasteiger partial charge is 0.278 e. The van der Waals surface area contributed by atoms with Gasteiger partial charge in [-0.25, -0.2) is 4.39 Å². The van der Waals surface area contributed by atoms with E-state index >= 15 is 4.39 Å². The Kier molecular flexibility index (Phi) is 5.28. The lowest BCUT2D eigenvalue weighted by atomic mass is 9.91. The molecular formula is C27H23F2N3O4. The third kappa shape index (κ3) is 3.54. The number of hydrogen-bond donors (Lipinski definition) is 1. The normalized spacial score (nSPS) is 20.2. The number of fused-ring (bicyclic) bond motifs is 5. The van der Waals surface area contributed by atoms with E-state index in [1.165, 1.54) is 27.9 Å². The maximum Gasteiger partial charge on any atom is 0.278 e. The van der Waals surface area contributed by atoms with Crippen LogP contribution in [0.2, 0.25) is 0 Å². The number of carbonyl (C=O) groups excluding carboxylic acids is 1. The second-order valence-corrected chi connectivity index (χ2v) is 9.20. The molecule has 36 heavy (non-hydrogen) atoms. The molecule has 3 aromatic rings. The van der Waals surface area contributed by atoms with Crippen molar-refractivity contribution < 1.29 is 23.4 Å². The predicted octanol–water partition coefficient (Wildman–Crippen LogP) is 3.80. The molecule has 9 heteroatoms. The number of carbonyl (C=O) groups is 1. The third-order valence-corrected chi connectivity index (χ3v) is 6.93. The van der Waals surface area contributed by atoms with Gasteiger partial charge < -0.3 is 14.7 Å². The molecular weight excluding hydrogens is 468 g/mol. The molecule has 1 aromatic heterocycles. The van der Waals surface area contributed by atoms with Crippen molar-refractivity contribution >= 4 is 5.91 Å². The van der Waals surface area contributed by atoms with E-state index in [9.17, 15) is 19.1 Å². The van der Waals surface area contributed by atoms with Crippen LogP contribution in [-0.2, 0) is 0 Å². The van der Waals surface area contributed by atoms with Crippen molar-refractivity contribution in [2.75, 3.05) is 24.8 Å². The van der Waals surface area contributed by atoms with Crippen LogP contribution < -0.4 is 15.2 Å². The van der Waals surface area contributed by atoms with E-state index in [0.717, 1.165) is 30.0 Å². The summed E-state index contributed by atoms with van der Waals surface area (Å²) < 4.78 is 36.8. The summed E-state index contributed by atoms with van der Waals surface area (Å²) in [6.45, 7) is 0.217. The van der Waals surface area contributed by atoms with Gasteiger partial charge in [0, 0.05) is 24.4 Å².